The molecule has 1 aliphatic rings. The molecule has 0 saturated carbocycles. The van der Waals surface area contributed by atoms with Crippen LogP contribution in [0.25, 0.3) is 5.78 Å². The molecule has 0 radical (unpaired) electrons. The Kier molecular flexibility index (Phi) is 5.46. The average Bonchev–Trinajstić information content (AvgIpc) is 3.08. The lowest BCUT2D eigenvalue weighted by atomic mass is 10.1. The van der Waals surface area contributed by atoms with Gasteiger partial charge in [-0.25, -0.2) is 9.50 Å². The van der Waals surface area contributed by atoms with E-state index in [0.717, 1.165) is 17.0 Å². The van der Waals surface area contributed by atoms with Crippen LogP contribution in [-0.4, -0.2) is 68.8 Å². The van der Waals surface area contributed by atoms with Gasteiger partial charge in [0.1, 0.15) is 6.33 Å². The molecular weight excluding hydrogens is 338 g/mol. The van der Waals surface area contributed by atoms with Gasteiger partial charge in [-0.15, -0.1) is 0 Å². The van der Waals surface area contributed by atoms with E-state index < -0.39 is 5.97 Å². The number of hydrogen-bond donors (Lipinski definition) is 0. The molecule has 9 nitrogen and oxygen atoms in total. The molecule has 26 heavy (non-hydrogen) atoms. The fraction of sp³-hybridized carbons (Fsp3) is 0.588. The molecule has 1 unspecified atom stereocenters. The third kappa shape index (κ3) is 3.98. The van der Waals surface area contributed by atoms with Crippen molar-refractivity contribution in [1.29, 1.82) is 0 Å². The summed E-state index contributed by atoms with van der Waals surface area (Å²) in [6.07, 6.45) is 2.11. The quantitative estimate of drug-likeness (QED) is 0.714. The van der Waals surface area contributed by atoms with Crippen molar-refractivity contribution in [2.24, 2.45) is 0 Å². The van der Waals surface area contributed by atoms with Gasteiger partial charge in [-0.2, -0.15) is 10.1 Å². The van der Waals surface area contributed by atoms with E-state index >= 15 is 0 Å². The third-order valence-electron chi connectivity index (χ3n) is 4.52. The zero-order valence-corrected chi connectivity index (χ0v) is 15.3. The second-order valence-corrected chi connectivity index (χ2v) is 6.41. The minimum atomic E-state index is -0.405. The van der Waals surface area contributed by atoms with Gasteiger partial charge in [0, 0.05) is 30.9 Å². The van der Waals surface area contributed by atoms with Gasteiger partial charge < -0.3 is 14.4 Å². The Labute approximate surface area is 151 Å². The van der Waals surface area contributed by atoms with Crippen molar-refractivity contribution in [2.45, 2.75) is 39.7 Å². The Bertz CT molecular complexity index is 819. The van der Waals surface area contributed by atoms with Crippen LogP contribution in [0.2, 0.25) is 0 Å². The Hall–Kier alpha value is -2.55. The second-order valence-electron chi connectivity index (χ2n) is 6.41. The van der Waals surface area contributed by atoms with Crippen LogP contribution in [0.4, 0.5) is 0 Å². The lowest BCUT2D eigenvalue weighted by molar-refractivity contribution is -0.154. The average molecular weight is 361 g/mol. The zero-order valence-electron chi connectivity index (χ0n) is 15.3. The summed E-state index contributed by atoms with van der Waals surface area (Å²) >= 11 is 0. The van der Waals surface area contributed by atoms with E-state index in [2.05, 4.69) is 15.1 Å². The van der Waals surface area contributed by atoms with Crippen LogP contribution >= 0.6 is 0 Å². The molecule has 1 fully saturated rings. The van der Waals surface area contributed by atoms with Gasteiger partial charge in [-0.05, 0) is 32.8 Å². The molecule has 0 aliphatic carbocycles. The summed E-state index contributed by atoms with van der Waals surface area (Å²) in [6.45, 7) is 7.05. The number of ether oxygens (including phenoxy) is 2. The molecule has 1 amide bonds. The molecule has 0 bridgehead atoms. The standard InChI is InChI=1S/C17H23N5O4/c1-11-8-21(6-7-25-11)15(23)9-26-16(24)5-4-14-12(2)20-17-18-10-19-22(17)13(14)3/h10-11H,4-9H2,1-3H3. The van der Waals surface area contributed by atoms with E-state index in [4.69, 9.17) is 9.47 Å². The normalized spacial score (nSPS) is 17.5. The highest BCUT2D eigenvalue weighted by atomic mass is 16.5. The lowest BCUT2D eigenvalue weighted by Gasteiger charge is -2.30. The first-order valence-electron chi connectivity index (χ1n) is 8.66. The van der Waals surface area contributed by atoms with E-state index in [-0.39, 0.29) is 25.0 Å². The summed E-state index contributed by atoms with van der Waals surface area (Å²) in [5.41, 5.74) is 2.65. The van der Waals surface area contributed by atoms with Crippen LogP contribution < -0.4 is 0 Å². The molecule has 140 valence electrons. The van der Waals surface area contributed by atoms with E-state index in [9.17, 15) is 9.59 Å². The first-order chi connectivity index (χ1) is 12.5. The van der Waals surface area contributed by atoms with Crippen LogP contribution in [-0.2, 0) is 25.5 Å². The summed E-state index contributed by atoms with van der Waals surface area (Å²) in [5.74, 6) is -0.0552. The molecule has 3 heterocycles. The topological polar surface area (TPSA) is 98.9 Å². The fourth-order valence-electron chi connectivity index (χ4n) is 3.09. The number of carbonyl (C=O) groups is 2. The van der Waals surface area contributed by atoms with Gasteiger partial charge in [0.15, 0.2) is 6.61 Å². The van der Waals surface area contributed by atoms with Gasteiger partial charge in [0.2, 0.25) is 0 Å². The van der Waals surface area contributed by atoms with Gasteiger partial charge in [-0.1, -0.05) is 0 Å². The van der Waals surface area contributed by atoms with Gasteiger partial charge in [-0.3, -0.25) is 9.59 Å². The van der Waals surface area contributed by atoms with Crippen LogP contribution in [0.3, 0.4) is 0 Å². The van der Waals surface area contributed by atoms with Crippen molar-refractivity contribution >= 4 is 17.7 Å². The van der Waals surface area contributed by atoms with Crippen LogP contribution in [0.5, 0.6) is 0 Å². The molecular formula is C17H23N5O4. The van der Waals surface area contributed by atoms with E-state index in [1.54, 1.807) is 9.42 Å². The van der Waals surface area contributed by atoms with Gasteiger partial charge in [0.25, 0.3) is 11.7 Å². The zero-order chi connectivity index (χ0) is 18.7. The molecule has 0 N–H and O–H groups in total. The van der Waals surface area contributed by atoms with Crippen molar-refractivity contribution in [2.75, 3.05) is 26.3 Å². The molecule has 0 aromatic carbocycles. The van der Waals surface area contributed by atoms with Crippen LogP contribution in [0.15, 0.2) is 6.33 Å². The highest BCUT2D eigenvalue weighted by Crippen LogP contribution is 2.15. The number of fused-ring (bicyclic) bond motifs is 1. The minimum absolute atomic E-state index is 0.00792. The number of aromatic nitrogens is 4. The number of rotatable bonds is 5. The summed E-state index contributed by atoms with van der Waals surface area (Å²) in [4.78, 5) is 34.3. The molecule has 1 saturated heterocycles. The Morgan fingerprint density at radius 1 is 1.38 bits per heavy atom. The number of hydrogen-bond acceptors (Lipinski definition) is 7. The summed E-state index contributed by atoms with van der Waals surface area (Å²) in [7, 11) is 0. The van der Waals surface area contributed by atoms with E-state index in [0.29, 0.717) is 31.9 Å². The second kappa shape index (κ2) is 7.77. The summed E-state index contributed by atoms with van der Waals surface area (Å²) in [5, 5.41) is 4.13. The van der Waals surface area contributed by atoms with Gasteiger partial charge in [0.05, 0.1) is 12.7 Å². The number of morpholine rings is 1. The highest BCUT2D eigenvalue weighted by molar-refractivity contribution is 5.80. The largest absolute Gasteiger partial charge is 0.456 e. The fourth-order valence-corrected chi connectivity index (χ4v) is 3.09. The molecule has 1 atom stereocenters. The summed E-state index contributed by atoms with van der Waals surface area (Å²) in [6, 6.07) is 0. The molecule has 1 aliphatic heterocycles. The van der Waals surface area contributed by atoms with Crippen molar-refractivity contribution in [3.8, 4) is 0 Å². The number of nitrogens with zero attached hydrogens (tertiary/aromatic N) is 5. The molecule has 9 heteroatoms. The monoisotopic (exact) mass is 361 g/mol. The molecule has 2 aromatic rings. The first kappa shape index (κ1) is 18.2. The maximum Gasteiger partial charge on any atom is 0.306 e. The lowest BCUT2D eigenvalue weighted by Crippen LogP contribution is -2.46. The number of amides is 1. The highest BCUT2D eigenvalue weighted by Gasteiger charge is 2.22. The van der Waals surface area contributed by atoms with Gasteiger partial charge >= 0.3 is 5.97 Å². The smallest absolute Gasteiger partial charge is 0.306 e. The van der Waals surface area contributed by atoms with Crippen molar-refractivity contribution in [3.05, 3.63) is 23.3 Å². The number of carbonyl (C=O) groups excluding carboxylic acids is 2. The first-order valence-corrected chi connectivity index (χ1v) is 8.66. The molecule has 0 spiro atoms. The van der Waals surface area contributed by atoms with Crippen molar-refractivity contribution < 1.29 is 19.1 Å². The van der Waals surface area contributed by atoms with Crippen LogP contribution in [0.1, 0.15) is 30.3 Å². The van der Waals surface area contributed by atoms with E-state index in [1.807, 2.05) is 20.8 Å². The predicted octanol–water partition coefficient (Wildman–Crippen LogP) is 0.464. The van der Waals surface area contributed by atoms with Crippen molar-refractivity contribution in [3.63, 3.8) is 0 Å². The van der Waals surface area contributed by atoms with Crippen LogP contribution in [0, 0.1) is 13.8 Å². The Morgan fingerprint density at radius 2 is 2.19 bits per heavy atom. The number of esters is 1. The maximum absolute atomic E-state index is 12.1. The predicted molar refractivity (Wildman–Crippen MR) is 91.5 cm³/mol. The van der Waals surface area contributed by atoms with E-state index in [1.165, 1.54) is 6.33 Å². The van der Waals surface area contributed by atoms with Crippen molar-refractivity contribution in [1.82, 2.24) is 24.5 Å². The Balaban J connectivity index is 1.52. The molecule has 2 aromatic heterocycles. The minimum Gasteiger partial charge on any atom is -0.456 e. The Morgan fingerprint density at radius 3 is 2.96 bits per heavy atom. The number of aryl methyl sites for hydroxylation is 2. The SMILES string of the molecule is Cc1nc2ncnn2c(C)c1CCC(=O)OCC(=O)N1CCOC(C)C1. The summed E-state index contributed by atoms with van der Waals surface area (Å²) < 4.78 is 12.2. The molecule has 3 rings (SSSR count). The third-order valence-corrected chi connectivity index (χ3v) is 4.52. The maximum atomic E-state index is 12.1.